The lowest BCUT2D eigenvalue weighted by molar-refractivity contribution is -0.161. The van der Waals surface area contributed by atoms with Crippen molar-refractivity contribution in [2.75, 3.05) is 39.6 Å². The second kappa shape index (κ2) is 65.7. The number of phosphoric acid groups is 2. The Bertz CT molecular complexity index is 1840. The highest BCUT2D eigenvalue weighted by Crippen LogP contribution is 2.45. The molecule has 6 atom stereocenters. The minimum absolute atomic E-state index is 0.104. The Morgan fingerprint density at radius 3 is 0.809 bits per heavy atom. The van der Waals surface area contributed by atoms with E-state index in [1.54, 1.807) is 0 Å². The zero-order valence-electron chi connectivity index (χ0n) is 61.4. The number of aliphatic hydroxyl groups excluding tert-OH is 1. The van der Waals surface area contributed by atoms with Gasteiger partial charge in [0.2, 0.25) is 0 Å². The first-order valence-electron chi connectivity index (χ1n) is 38.9. The first-order valence-corrected chi connectivity index (χ1v) is 41.9. The molecule has 3 unspecified atom stereocenters. The second-order valence-corrected chi connectivity index (χ2v) is 31.1. The molecular formula is C75H146O17P2. The third-order valence-corrected chi connectivity index (χ3v) is 19.6. The van der Waals surface area contributed by atoms with Gasteiger partial charge in [0.1, 0.15) is 19.3 Å². The van der Waals surface area contributed by atoms with Crippen molar-refractivity contribution in [2.24, 2.45) is 17.8 Å². The van der Waals surface area contributed by atoms with Crippen molar-refractivity contribution in [1.29, 1.82) is 0 Å². The van der Waals surface area contributed by atoms with Crippen molar-refractivity contribution in [2.45, 2.75) is 401 Å². The Labute approximate surface area is 575 Å². The Hall–Kier alpha value is -1.94. The summed E-state index contributed by atoms with van der Waals surface area (Å²) < 4.78 is 68.4. The maximum absolute atomic E-state index is 13.1. The molecule has 558 valence electrons. The molecule has 0 bridgehead atoms. The van der Waals surface area contributed by atoms with Gasteiger partial charge in [-0.05, 0) is 43.4 Å². The number of carbonyl (C=O) groups is 4. The lowest BCUT2D eigenvalue weighted by Gasteiger charge is -2.21. The second-order valence-electron chi connectivity index (χ2n) is 28.2. The quantitative estimate of drug-likeness (QED) is 0.0222. The molecule has 0 amide bonds. The molecule has 0 aliphatic heterocycles. The molecule has 3 N–H and O–H groups in total. The molecule has 0 fully saturated rings. The van der Waals surface area contributed by atoms with E-state index < -0.39 is 97.5 Å². The summed E-state index contributed by atoms with van der Waals surface area (Å²) in [6.07, 6.45) is 51.5. The Morgan fingerprint density at radius 1 is 0.309 bits per heavy atom. The van der Waals surface area contributed by atoms with Gasteiger partial charge in [-0.2, -0.15) is 0 Å². The standard InChI is InChI=1S/C75H146O17P2/c1-8-10-11-12-13-14-15-16-17-18-19-20-21-22-23-24-27-36-44-51-58-74(79)91-70(62-85-72(77)56-49-42-35-28-25-26-32-39-46-53-66(3)4)64-89-93(81,82)87-60-69(76)61-88-94(83,84)90-65-71(63-86-73(78)57-50-43-38-31-33-40-47-54-67(5)6)92-75(80)59-52-45-37-30-29-34-41-48-55-68(7)9-2/h66-71,76H,8-65H2,1-7H3,(H,81,82)(H,83,84)/t68?,69-,70-,71-/m1/s1. The fourth-order valence-corrected chi connectivity index (χ4v) is 13.0. The zero-order valence-corrected chi connectivity index (χ0v) is 63.2. The Kier molecular flexibility index (Phi) is 64.3. The van der Waals surface area contributed by atoms with E-state index in [9.17, 15) is 43.2 Å². The number of phosphoric ester groups is 2. The van der Waals surface area contributed by atoms with Gasteiger partial charge in [-0.15, -0.1) is 0 Å². The molecular weight excluding hydrogens is 1230 g/mol. The van der Waals surface area contributed by atoms with Crippen molar-refractivity contribution in [1.82, 2.24) is 0 Å². The highest BCUT2D eigenvalue weighted by Gasteiger charge is 2.30. The number of esters is 4. The van der Waals surface area contributed by atoms with E-state index in [-0.39, 0.29) is 25.7 Å². The van der Waals surface area contributed by atoms with Crippen LogP contribution in [-0.2, 0) is 65.4 Å². The molecule has 0 aromatic rings. The van der Waals surface area contributed by atoms with Gasteiger partial charge in [0, 0.05) is 25.7 Å². The molecule has 0 rings (SSSR count). The topological polar surface area (TPSA) is 237 Å². The number of hydrogen-bond donors (Lipinski definition) is 3. The van der Waals surface area contributed by atoms with Crippen LogP contribution in [0.15, 0.2) is 0 Å². The Balaban J connectivity index is 5.21. The van der Waals surface area contributed by atoms with Gasteiger partial charge in [0.05, 0.1) is 26.4 Å². The largest absolute Gasteiger partial charge is 0.472 e. The first kappa shape index (κ1) is 92.1. The van der Waals surface area contributed by atoms with E-state index in [2.05, 4.69) is 48.5 Å². The van der Waals surface area contributed by atoms with E-state index in [4.69, 9.17) is 37.0 Å². The summed E-state index contributed by atoms with van der Waals surface area (Å²) in [7, 11) is -9.91. The first-order chi connectivity index (χ1) is 45.3. The van der Waals surface area contributed by atoms with Gasteiger partial charge in [0.25, 0.3) is 0 Å². The van der Waals surface area contributed by atoms with Crippen molar-refractivity contribution in [3.63, 3.8) is 0 Å². The van der Waals surface area contributed by atoms with Crippen LogP contribution in [0.1, 0.15) is 382 Å². The number of rotatable bonds is 73. The summed E-state index contributed by atoms with van der Waals surface area (Å²) in [5, 5.41) is 10.6. The lowest BCUT2D eigenvalue weighted by Crippen LogP contribution is -2.30. The van der Waals surface area contributed by atoms with Gasteiger partial charge in [-0.1, -0.05) is 331 Å². The van der Waals surface area contributed by atoms with Crippen LogP contribution in [0, 0.1) is 17.8 Å². The normalized spacial score (nSPS) is 14.4. The molecule has 0 aromatic heterocycles. The van der Waals surface area contributed by atoms with E-state index in [1.165, 1.54) is 186 Å². The molecule has 0 heterocycles. The summed E-state index contributed by atoms with van der Waals surface area (Å²) in [5.41, 5.74) is 0. The summed E-state index contributed by atoms with van der Waals surface area (Å²) >= 11 is 0. The van der Waals surface area contributed by atoms with Crippen molar-refractivity contribution in [3.8, 4) is 0 Å². The smallest absolute Gasteiger partial charge is 0.462 e. The van der Waals surface area contributed by atoms with Crippen LogP contribution in [0.2, 0.25) is 0 Å². The van der Waals surface area contributed by atoms with E-state index >= 15 is 0 Å². The highest BCUT2D eigenvalue weighted by atomic mass is 31.2. The predicted molar refractivity (Wildman–Crippen MR) is 381 cm³/mol. The fourth-order valence-electron chi connectivity index (χ4n) is 11.4. The summed E-state index contributed by atoms with van der Waals surface area (Å²) in [6.45, 7) is 11.8. The van der Waals surface area contributed by atoms with Crippen molar-refractivity contribution >= 4 is 39.5 Å². The predicted octanol–water partition coefficient (Wildman–Crippen LogP) is 21.8. The minimum atomic E-state index is -4.96. The lowest BCUT2D eigenvalue weighted by atomic mass is 9.99. The van der Waals surface area contributed by atoms with E-state index in [1.807, 2.05) is 0 Å². The number of hydrogen-bond acceptors (Lipinski definition) is 15. The molecule has 0 aromatic carbocycles. The SMILES string of the molecule is CCCCCCCCCCCCCCCCCCCCCCC(=O)O[C@H](COC(=O)CCCCCCCCCCCC(C)C)COP(=O)(O)OC[C@@H](O)COP(=O)(O)OC[C@@H](COC(=O)CCCCCCCCCC(C)C)OC(=O)CCCCCCCCCCC(C)CC. The van der Waals surface area contributed by atoms with Crippen LogP contribution in [0.25, 0.3) is 0 Å². The van der Waals surface area contributed by atoms with Crippen LogP contribution in [-0.4, -0.2) is 96.7 Å². The monoisotopic (exact) mass is 1380 g/mol. The number of ether oxygens (including phenoxy) is 4. The average Bonchev–Trinajstić information content (AvgIpc) is 2.00. The third-order valence-electron chi connectivity index (χ3n) is 17.7. The zero-order chi connectivity index (χ0) is 69.4. The molecule has 0 saturated carbocycles. The van der Waals surface area contributed by atoms with Gasteiger partial charge in [-0.3, -0.25) is 37.3 Å². The van der Waals surface area contributed by atoms with Crippen LogP contribution in [0.4, 0.5) is 0 Å². The van der Waals surface area contributed by atoms with Gasteiger partial charge in [-0.25, -0.2) is 9.13 Å². The van der Waals surface area contributed by atoms with Crippen LogP contribution in [0.5, 0.6) is 0 Å². The maximum atomic E-state index is 13.1. The van der Waals surface area contributed by atoms with Crippen molar-refractivity contribution in [3.05, 3.63) is 0 Å². The minimum Gasteiger partial charge on any atom is -0.462 e. The van der Waals surface area contributed by atoms with Gasteiger partial charge in [0.15, 0.2) is 12.2 Å². The van der Waals surface area contributed by atoms with Gasteiger partial charge < -0.3 is 33.8 Å². The number of unbranched alkanes of at least 4 members (excludes halogenated alkanes) is 40. The van der Waals surface area contributed by atoms with Crippen LogP contribution < -0.4 is 0 Å². The Morgan fingerprint density at radius 2 is 0.543 bits per heavy atom. The van der Waals surface area contributed by atoms with Gasteiger partial charge >= 0.3 is 39.5 Å². The molecule has 94 heavy (non-hydrogen) atoms. The highest BCUT2D eigenvalue weighted by molar-refractivity contribution is 7.47. The molecule has 19 heteroatoms. The molecule has 0 saturated heterocycles. The van der Waals surface area contributed by atoms with E-state index in [0.29, 0.717) is 31.6 Å². The molecule has 0 aliphatic rings. The molecule has 0 spiro atoms. The maximum Gasteiger partial charge on any atom is 0.472 e. The number of carbonyl (C=O) groups excluding carboxylic acids is 4. The van der Waals surface area contributed by atoms with E-state index in [0.717, 1.165) is 108 Å². The summed E-state index contributed by atoms with van der Waals surface area (Å²) in [6, 6.07) is 0. The average molecular weight is 1380 g/mol. The summed E-state index contributed by atoms with van der Waals surface area (Å²) in [4.78, 5) is 72.7. The molecule has 17 nitrogen and oxygen atoms in total. The van der Waals surface area contributed by atoms with Crippen molar-refractivity contribution < 1.29 is 80.2 Å². The third kappa shape index (κ3) is 67.3. The number of aliphatic hydroxyl groups is 1. The van der Waals surface area contributed by atoms with Crippen LogP contribution >= 0.6 is 15.6 Å². The molecule has 0 aliphatic carbocycles. The van der Waals surface area contributed by atoms with Crippen LogP contribution in [0.3, 0.4) is 0 Å². The fraction of sp³-hybridized carbons (Fsp3) is 0.947. The molecule has 0 radical (unpaired) electrons. The summed E-state index contributed by atoms with van der Waals surface area (Å²) in [5.74, 6) is 0.0951.